The molecule has 0 saturated heterocycles. The summed E-state index contributed by atoms with van der Waals surface area (Å²) < 4.78 is 13.2. The summed E-state index contributed by atoms with van der Waals surface area (Å²) in [5.74, 6) is 2.30. The topological polar surface area (TPSA) is 95.3 Å². The summed E-state index contributed by atoms with van der Waals surface area (Å²) >= 11 is 1.87. The van der Waals surface area contributed by atoms with Gasteiger partial charge in [-0.2, -0.15) is 0 Å². The molecule has 3 aromatic rings. The van der Waals surface area contributed by atoms with Crippen LogP contribution in [-0.4, -0.2) is 26.3 Å². The molecule has 0 bridgehead atoms. The first-order valence-corrected chi connectivity index (χ1v) is 12.1. The lowest BCUT2D eigenvalue weighted by atomic mass is 9.88. The lowest BCUT2D eigenvalue weighted by Crippen LogP contribution is -2.11. The van der Waals surface area contributed by atoms with E-state index in [1.807, 2.05) is 23.5 Å². The van der Waals surface area contributed by atoms with E-state index in [9.17, 15) is 4.39 Å². The molecule has 0 spiro atoms. The Kier molecular flexibility index (Phi) is 7.19. The van der Waals surface area contributed by atoms with E-state index >= 15 is 0 Å². The van der Waals surface area contributed by atoms with E-state index in [0.29, 0.717) is 12.5 Å². The molecule has 0 amide bonds. The van der Waals surface area contributed by atoms with Gasteiger partial charge in [0.25, 0.3) is 0 Å². The number of carbonyl (C=O) groups is 1. The van der Waals surface area contributed by atoms with E-state index in [4.69, 9.17) is 25.0 Å². The molecule has 2 aromatic heterocycles. The van der Waals surface area contributed by atoms with Crippen LogP contribution in [0, 0.1) is 5.82 Å². The van der Waals surface area contributed by atoms with Crippen molar-refractivity contribution >= 4 is 33.5 Å². The van der Waals surface area contributed by atoms with E-state index in [-0.39, 0.29) is 5.82 Å². The third kappa shape index (κ3) is 5.35. The number of thiophene rings is 1. The minimum absolute atomic E-state index is 0.195. The van der Waals surface area contributed by atoms with Gasteiger partial charge in [0, 0.05) is 17.3 Å². The molecule has 0 radical (unpaired) electrons. The van der Waals surface area contributed by atoms with Gasteiger partial charge >= 0.3 is 6.16 Å². The van der Waals surface area contributed by atoms with Crippen molar-refractivity contribution < 1.29 is 19.4 Å². The molecule has 170 valence electrons. The number of anilines is 1. The van der Waals surface area contributed by atoms with Crippen LogP contribution in [0.5, 0.6) is 0 Å². The second-order valence-electron chi connectivity index (χ2n) is 8.42. The Labute approximate surface area is 190 Å². The smallest absolute Gasteiger partial charge is 0.450 e. The molecule has 1 saturated carbocycles. The van der Waals surface area contributed by atoms with Crippen LogP contribution in [0.2, 0.25) is 0 Å². The van der Waals surface area contributed by atoms with Crippen molar-refractivity contribution in [1.82, 2.24) is 9.97 Å². The number of rotatable bonds is 4. The van der Waals surface area contributed by atoms with Crippen LogP contribution in [0.25, 0.3) is 10.2 Å². The second kappa shape index (κ2) is 10.3. The number of halogens is 1. The predicted molar refractivity (Wildman–Crippen MR) is 124 cm³/mol. The molecule has 2 aliphatic carbocycles. The van der Waals surface area contributed by atoms with Gasteiger partial charge in [-0.25, -0.2) is 19.2 Å². The van der Waals surface area contributed by atoms with Crippen LogP contribution >= 0.6 is 11.3 Å². The standard InChI is InChI=1S/C23H26FN3S.CH2O3/c24-17-12-10-15(11-13-17)14-25-22-20-18-8-4-5-9-19(18)28-23(20)27-21(26-22)16-6-2-1-3-7-16;2-1(3)4/h10-13,16H,1-9,14H2,(H,25,26,27);(H2,2,3,4). The number of carboxylic acid groups (broad SMARTS) is 2. The Morgan fingerprint density at radius 2 is 1.72 bits per heavy atom. The minimum atomic E-state index is -1.83. The molecule has 5 rings (SSSR count). The van der Waals surface area contributed by atoms with Crippen molar-refractivity contribution in [3.8, 4) is 0 Å². The summed E-state index contributed by atoms with van der Waals surface area (Å²) in [5.41, 5.74) is 2.53. The molecule has 0 unspecified atom stereocenters. The fourth-order valence-corrected chi connectivity index (χ4v) is 5.90. The summed E-state index contributed by atoms with van der Waals surface area (Å²) in [6, 6.07) is 6.72. The van der Waals surface area contributed by atoms with E-state index < -0.39 is 6.16 Å². The summed E-state index contributed by atoms with van der Waals surface area (Å²) in [5, 5.41) is 18.8. The first-order valence-electron chi connectivity index (χ1n) is 11.2. The Balaban J connectivity index is 0.000000567. The first kappa shape index (κ1) is 22.5. The predicted octanol–water partition coefficient (Wildman–Crippen LogP) is 6.59. The van der Waals surface area contributed by atoms with Gasteiger partial charge in [0.1, 0.15) is 22.3 Å². The molecule has 1 aromatic carbocycles. The minimum Gasteiger partial charge on any atom is -0.450 e. The number of aryl methyl sites for hydroxylation is 2. The number of nitrogens with one attached hydrogen (secondary N) is 1. The maximum absolute atomic E-state index is 13.2. The average Bonchev–Trinajstić information content (AvgIpc) is 3.17. The maximum atomic E-state index is 13.2. The Hall–Kier alpha value is -2.74. The summed E-state index contributed by atoms with van der Waals surface area (Å²) in [6.07, 6.45) is 9.31. The highest BCUT2D eigenvalue weighted by Gasteiger charge is 2.24. The van der Waals surface area contributed by atoms with E-state index in [1.54, 1.807) is 0 Å². The fourth-order valence-electron chi connectivity index (χ4n) is 4.63. The lowest BCUT2D eigenvalue weighted by Gasteiger charge is -2.21. The van der Waals surface area contributed by atoms with Gasteiger partial charge < -0.3 is 15.5 Å². The van der Waals surface area contributed by atoms with Crippen LogP contribution in [0.4, 0.5) is 15.0 Å². The van der Waals surface area contributed by atoms with E-state index in [2.05, 4.69) is 5.32 Å². The molecule has 0 atom stereocenters. The van der Waals surface area contributed by atoms with Crippen molar-refractivity contribution in [3.05, 3.63) is 51.9 Å². The average molecular weight is 458 g/mol. The number of aromatic nitrogens is 2. The van der Waals surface area contributed by atoms with Crippen molar-refractivity contribution in [3.63, 3.8) is 0 Å². The van der Waals surface area contributed by atoms with E-state index in [1.165, 1.54) is 79.3 Å². The third-order valence-corrected chi connectivity index (χ3v) is 7.36. The monoisotopic (exact) mass is 457 g/mol. The number of benzene rings is 1. The zero-order valence-electron chi connectivity index (χ0n) is 17.9. The molecule has 0 aliphatic heterocycles. The van der Waals surface area contributed by atoms with Crippen LogP contribution in [0.3, 0.4) is 0 Å². The molecule has 2 heterocycles. The van der Waals surface area contributed by atoms with Crippen LogP contribution in [0.1, 0.15) is 72.7 Å². The second-order valence-corrected chi connectivity index (χ2v) is 9.50. The van der Waals surface area contributed by atoms with Gasteiger partial charge in [-0.15, -0.1) is 11.3 Å². The van der Waals surface area contributed by atoms with E-state index in [0.717, 1.165) is 28.5 Å². The quantitative estimate of drug-likeness (QED) is 0.409. The highest BCUT2D eigenvalue weighted by Crippen LogP contribution is 2.40. The molecular weight excluding hydrogens is 429 g/mol. The Morgan fingerprint density at radius 1 is 1.03 bits per heavy atom. The zero-order valence-corrected chi connectivity index (χ0v) is 18.8. The molecule has 3 N–H and O–H groups in total. The SMILES string of the molecule is Fc1ccc(CNc2nc(C3CCCCC3)nc3sc4c(c23)CCCC4)cc1.O=C(O)O. The summed E-state index contributed by atoms with van der Waals surface area (Å²) in [6.45, 7) is 0.654. The molecule has 32 heavy (non-hydrogen) atoms. The molecule has 8 heteroatoms. The number of nitrogens with zero attached hydrogens (tertiary/aromatic N) is 2. The summed E-state index contributed by atoms with van der Waals surface area (Å²) in [7, 11) is 0. The number of fused-ring (bicyclic) bond motifs is 3. The van der Waals surface area contributed by atoms with Crippen molar-refractivity contribution in [2.24, 2.45) is 0 Å². The van der Waals surface area contributed by atoms with Gasteiger partial charge in [-0.05, 0) is 61.8 Å². The molecule has 6 nitrogen and oxygen atoms in total. The van der Waals surface area contributed by atoms with Crippen molar-refractivity contribution in [2.75, 3.05) is 5.32 Å². The van der Waals surface area contributed by atoms with Crippen LogP contribution in [0.15, 0.2) is 24.3 Å². The highest BCUT2D eigenvalue weighted by atomic mass is 32.1. The van der Waals surface area contributed by atoms with Crippen molar-refractivity contribution in [1.29, 1.82) is 0 Å². The molecular formula is C24H28FN3O3S. The van der Waals surface area contributed by atoms with Gasteiger partial charge in [-0.3, -0.25) is 0 Å². The molecule has 1 fully saturated rings. The van der Waals surface area contributed by atoms with Gasteiger partial charge in [0.05, 0.1) is 5.39 Å². The van der Waals surface area contributed by atoms with Gasteiger partial charge in [0.15, 0.2) is 0 Å². The fraction of sp³-hybridized carbons (Fsp3) is 0.458. The lowest BCUT2D eigenvalue weighted by molar-refractivity contribution is 0.137. The van der Waals surface area contributed by atoms with Crippen molar-refractivity contribution in [2.45, 2.75) is 70.3 Å². The Morgan fingerprint density at radius 3 is 2.44 bits per heavy atom. The molecule has 2 aliphatic rings. The maximum Gasteiger partial charge on any atom is 0.503 e. The first-order chi connectivity index (χ1) is 15.5. The van der Waals surface area contributed by atoms with Crippen LogP contribution < -0.4 is 5.32 Å². The third-order valence-electron chi connectivity index (χ3n) is 6.18. The van der Waals surface area contributed by atoms with Crippen LogP contribution in [-0.2, 0) is 19.4 Å². The Bertz CT molecular complexity index is 1070. The van der Waals surface area contributed by atoms with Gasteiger partial charge in [0.2, 0.25) is 0 Å². The summed E-state index contributed by atoms with van der Waals surface area (Å²) in [4.78, 5) is 21.3. The van der Waals surface area contributed by atoms with Gasteiger partial charge in [-0.1, -0.05) is 31.4 Å². The highest BCUT2D eigenvalue weighted by molar-refractivity contribution is 7.19. The largest absolute Gasteiger partial charge is 0.503 e. The number of hydrogen-bond acceptors (Lipinski definition) is 5. The zero-order chi connectivity index (χ0) is 22.5. The normalized spacial score (nSPS) is 16.2. The number of hydrogen-bond donors (Lipinski definition) is 3.